The van der Waals surface area contributed by atoms with Crippen molar-refractivity contribution in [2.45, 2.75) is 24.1 Å². The predicted octanol–water partition coefficient (Wildman–Crippen LogP) is 1.60. The number of rotatable bonds is 3. The highest BCUT2D eigenvalue weighted by atomic mass is 35.5. The molecular weight excluding hydrogens is 147 g/mol. The lowest BCUT2D eigenvalue weighted by Gasteiger charge is -2.09. The van der Waals surface area contributed by atoms with Gasteiger partial charge in [0.2, 0.25) is 0 Å². The van der Waals surface area contributed by atoms with Gasteiger partial charge in [0.25, 0.3) is 0 Å². The van der Waals surface area contributed by atoms with Crippen molar-refractivity contribution in [2.24, 2.45) is 0 Å². The quantitative estimate of drug-likeness (QED) is 0.617. The second kappa shape index (κ2) is 4.42. The Bertz CT molecular complexity index is 50.4. The minimum Gasteiger partial charge on any atom is -0.395 e. The van der Waals surface area contributed by atoms with Crippen molar-refractivity contribution in [1.29, 1.82) is 0 Å². The second-order valence-electron chi connectivity index (χ2n) is 1.62. The normalized spacial score (nSPS) is 18.0. The summed E-state index contributed by atoms with van der Waals surface area (Å²) in [6.07, 6.45) is 0.802. The largest absolute Gasteiger partial charge is 0.395 e. The van der Waals surface area contributed by atoms with Crippen molar-refractivity contribution in [3.8, 4) is 0 Å². The molecule has 0 aromatic rings. The maximum absolute atomic E-state index is 8.42. The summed E-state index contributed by atoms with van der Waals surface area (Å²) in [6.45, 7) is 1.90. The molecule has 0 aliphatic heterocycles. The molecule has 0 spiro atoms. The van der Waals surface area contributed by atoms with E-state index in [-0.39, 0.29) is 17.4 Å². The lowest BCUT2D eigenvalue weighted by Crippen LogP contribution is -2.17. The van der Waals surface area contributed by atoms with E-state index >= 15 is 0 Å². The fourth-order valence-electron chi connectivity index (χ4n) is 0.370. The molecule has 0 aliphatic carbocycles. The van der Waals surface area contributed by atoms with Crippen molar-refractivity contribution in [3.63, 3.8) is 0 Å². The Morgan fingerprint density at radius 1 is 1.38 bits per heavy atom. The van der Waals surface area contributed by atoms with E-state index in [1.807, 2.05) is 6.92 Å². The van der Waals surface area contributed by atoms with Gasteiger partial charge in [0, 0.05) is 0 Å². The summed E-state index contributed by atoms with van der Waals surface area (Å²) in [7, 11) is 0. The van der Waals surface area contributed by atoms with Crippen LogP contribution in [0.5, 0.6) is 0 Å². The first-order valence-electron chi connectivity index (χ1n) is 2.61. The Hall–Kier alpha value is 0.540. The maximum atomic E-state index is 8.42. The molecular formula is C5H10Cl2O. The summed E-state index contributed by atoms with van der Waals surface area (Å²) in [4.78, 5) is 0. The number of hydrogen-bond donors (Lipinski definition) is 1. The number of aliphatic hydroxyl groups excluding tert-OH is 1. The van der Waals surface area contributed by atoms with Crippen molar-refractivity contribution in [1.82, 2.24) is 0 Å². The molecule has 0 rings (SSSR count). The van der Waals surface area contributed by atoms with Gasteiger partial charge in [-0.2, -0.15) is 0 Å². The summed E-state index contributed by atoms with van der Waals surface area (Å²) in [6, 6.07) is 0. The van der Waals surface area contributed by atoms with Gasteiger partial charge in [-0.25, -0.2) is 0 Å². The molecule has 0 heterocycles. The van der Waals surface area contributed by atoms with Crippen LogP contribution in [0.25, 0.3) is 0 Å². The van der Waals surface area contributed by atoms with E-state index in [4.69, 9.17) is 28.3 Å². The van der Waals surface area contributed by atoms with Gasteiger partial charge in [-0.3, -0.25) is 0 Å². The van der Waals surface area contributed by atoms with Crippen LogP contribution in [0.3, 0.4) is 0 Å². The molecule has 0 aromatic carbocycles. The zero-order valence-corrected chi connectivity index (χ0v) is 6.28. The Balaban J connectivity index is 3.29. The first-order chi connectivity index (χ1) is 3.72. The van der Waals surface area contributed by atoms with Gasteiger partial charge in [-0.05, 0) is 6.42 Å². The van der Waals surface area contributed by atoms with Gasteiger partial charge in [0.15, 0.2) is 0 Å². The summed E-state index contributed by atoms with van der Waals surface area (Å²) >= 11 is 11.2. The molecule has 0 fully saturated rings. The van der Waals surface area contributed by atoms with Gasteiger partial charge < -0.3 is 5.11 Å². The first-order valence-corrected chi connectivity index (χ1v) is 3.48. The topological polar surface area (TPSA) is 20.2 Å². The standard InChI is InChI=1S/C5H10Cl2O/c1-2-4(6)5(7)3-8/h4-5,8H,2-3H2,1H3. The second-order valence-corrected chi connectivity index (χ2v) is 2.74. The van der Waals surface area contributed by atoms with Gasteiger partial charge in [0.05, 0.1) is 17.4 Å². The molecule has 2 unspecified atom stereocenters. The van der Waals surface area contributed by atoms with Crippen molar-refractivity contribution < 1.29 is 5.11 Å². The zero-order chi connectivity index (χ0) is 6.57. The molecule has 1 N–H and O–H groups in total. The Morgan fingerprint density at radius 3 is 2.00 bits per heavy atom. The zero-order valence-electron chi connectivity index (χ0n) is 4.77. The van der Waals surface area contributed by atoms with E-state index in [2.05, 4.69) is 0 Å². The van der Waals surface area contributed by atoms with Crippen LogP contribution in [0.2, 0.25) is 0 Å². The molecule has 0 amide bonds. The number of halogens is 2. The molecule has 2 atom stereocenters. The van der Waals surface area contributed by atoms with Crippen molar-refractivity contribution in [3.05, 3.63) is 0 Å². The van der Waals surface area contributed by atoms with Crippen LogP contribution < -0.4 is 0 Å². The molecule has 0 bridgehead atoms. The average molecular weight is 157 g/mol. The van der Waals surface area contributed by atoms with E-state index in [1.165, 1.54) is 0 Å². The lowest BCUT2D eigenvalue weighted by molar-refractivity contribution is 0.289. The molecule has 8 heavy (non-hydrogen) atoms. The molecule has 0 aromatic heterocycles. The van der Waals surface area contributed by atoms with Crippen LogP contribution in [0.1, 0.15) is 13.3 Å². The fraction of sp³-hybridized carbons (Fsp3) is 1.00. The van der Waals surface area contributed by atoms with Crippen LogP contribution in [0, 0.1) is 0 Å². The fourth-order valence-corrected chi connectivity index (χ4v) is 0.628. The van der Waals surface area contributed by atoms with Gasteiger partial charge in [0.1, 0.15) is 0 Å². The van der Waals surface area contributed by atoms with Crippen LogP contribution in [0.4, 0.5) is 0 Å². The van der Waals surface area contributed by atoms with Gasteiger partial charge in [-0.1, -0.05) is 6.92 Å². The smallest absolute Gasteiger partial charge is 0.0730 e. The highest BCUT2D eigenvalue weighted by molar-refractivity contribution is 6.30. The van der Waals surface area contributed by atoms with Crippen molar-refractivity contribution >= 4 is 23.2 Å². The molecule has 0 aliphatic rings. The Labute approximate surface area is 59.6 Å². The van der Waals surface area contributed by atoms with Crippen LogP contribution in [0.15, 0.2) is 0 Å². The molecule has 0 saturated heterocycles. The van der Waals surface area contributed by atoms with Crippen LogP contribution in [-0.4, -0.2) is 22.5 Å². The van der Waals surface area contributed by atoms with E-state index in [0.29, 0.717) is 0 Å². The van der Waals surface area contributed by atoms with Crippen molar-refractivity contribution in [2.75, 3.05) is 6.61 Å². The van der Waals surface area contributed by atoms with E-state index in [9.17, 15) is 0 Å². The maximum Gasteiger partial charge on any atom is 0.0730 e. The Kier molecular flexibility index (Phi) is 4.72. The summed E-state index contributed by atoms with van der Waals surface area (Å²) < 4.78 is 0. The minimum absolute atomic E-state index is 0.0381. The third-order valence-corrected chi connectivity index (χ3v) is 2.14. The third kappa shape index (κ3) is 2.75. The number of alkyl halides is 2. The minimum atomic E-state index is -0.290. The predicted molar refractivity (Wildman–Crippen MR) is 36.7 cm³/mol. The highest BCUT2D eigenvalue weighted by Crippen LogP contribution is 2.11. The highest BCUT2D eigenvalue weighted by Gasteiger charge is 2.11. The molecule has 1 nitrogen and oxygen atoms in total. The lowest BCUT2D eigenvalue weighted by atomic mass is 10.2. The SMILES string of the molecule is CCC(Cl)C(Cl)CO. The van der Waals surface area contributed by atoms with E-state index < -0.39 is 0 Å². The van der Waals surface area contributed by atoms with Crippen LogP contribution in [-0.2, 0) is 0 Å². The average Bonchev–Trinajstić information content (AvgIpc) is 1.84. The number of hydrogen-bond acceptors (Lipinski definition) is 1. The summed E-state index contributed by atoms with van der Waals surface area (Å²) in [5.74, 6) is 0. The first kappa shape index (κ1) is 8.54. The number of aliphatic hydroxyl groups is 1. The molecule has 0 radical (unpaired) electrons. The third-order valence-electron chi connectivity index (χ3n) is 0.957. The summed E-state index contributed by atoms with van der Waals surface area (Å²) in [5, 5.41) is 8.03. The Morgan fingerprint density at radius 2 is 1.88 bits per heavy atom. The van der Waals surface area contributed by atoms with Gasteiger partial charge in [-0.15, -0.1) is 23.2 Å². The van der Waals surface area contributed by atoms with Crippen LogP contribution >= 0.6 is 23.2 Å². The molecule has 50 valence electrons. The molecule has 3 heteroatoms. The summed E-state index contributed by atoms with van der Waals surface area (Å²) in [5.41, 5.74) is 0. The van der Waals surface area contributed by atoms with E-state index in [0.717, 1.165) is 6.42 Å². The monoisotopic (exact) mass is 156 g/mol. The van der Waals surface area contributed by atoms with E-state index in [1.54, 1.807) is 0 Å². The van der Waals surface area contributed by atoms with Gasteiger partial charge >= 0.3 is 0 Å². The molecule has 0 saturated carbocycles.